The molecular weight excluding hydrogens is 541 g/mol. The minimum absolute atomic E-state index is 0.229. The predicted molar refractivity (Wildman–Crippen MR) is 150 cm³/mol. The summed E-state index contributed by atoms with van der Waals surface area (Å²) in [6, 6.07) is 20.5. The summed E-state index contributed by atoms with van der Waals surface area (Å²) in [6.45, 7) is 2.45. The van der Waals surface area contributed by atoms with Crippen molar-refractivity contribution in [1.82, 2.24) is 25.4 Å². The smallest absolute Gasteiger partial charge is 0.406 e. The zero-order valence-corrected chi connectivity index (χ0v) is 22.4. The van der Waals surface area contributed by atoms with Crippen LogP contribution in [0.4, 0.5) is 23.7 Å². The van der Waals surface area contributed by atoms with Crippen molar-refractivity contribution in [1.29, 1.82) is 0 Å². The lowest BCUT2D eigenvalue weighted by molar-refractivity contribution is -0.274. The van der Waals surface area contributed by atoms with E-state index in [9.17, 15) is 18.0 Å². The number of alkyl halides is 3. The van der Waals surface area contributed by atoms with Gasteiger partial charge >= 0.3 is 12.4 Å². The molecule has 0 aliphatic carbocycles. The predicted octanol–water partition coefficient (Wildman–Crippen LogP) is 6.16. The van der Waals surface area contributed by atoms with Gasteiger partial charge in [-0.3, -0.25) is 5.32 Å². The molecule has 0 radical (unpaired) electrons. The molecule has 1 aromatic heterocycles. The number of para-hydroxylation sites is 1. The van der Waals surface area contributed by atoms with Crippen LogP contribution < -0.4 is 20.7 Å². The minimum Gasteiger partial charge on any atom is -0.406 e. The molecule has 1 heterocycles. The molecule has 0 saturated heterocycles. The van der Waals surface area contributed by atoms with Gasteiger partial charge in [-0.15, -0.1) is 18.3 Å². The fraction of sp³-hybridized carbons (Fsp3) is 0.214. The van der Waals surface area contributed by atoms with Gasteiger partial charge in [0.1, 0.15) is 12.1 Å². The second-order valence-electron chi connectivity index (χ2n) is 8.86. The number of benzene rings is 3. The number of unbranched alkanes of at least 4 members (excludes halogenated alkanes) is 1. The first-order valence-corrected chi connectivity index (χ1v) is 12.9. The Morgan fingerprint density at radius 2 is 1.80 bits per heavy atom. The number of nitrogens with one attached hydrogen (secondary N) is 3. The maximum atomic E-state index is 12.4. The van der Waals surface area contributed by atoms with Crippen molar-refractivity contribution < 1.29 is 22.7 Å². The molecule has 3 aromatic carbocycles. The minimum atomic E-state index is -4.74. The number of aromatic nitrogens is 3. The van der Waals surface area contributed by atoms with E-state index in [0.29, 0.717) is 18.1 Å². The van der Waals surface area contributed by atoms with Gasteiger partial charge < -0.3 is 15.4 Å². The van der Waals surface area contributed by atoms with E-state index in [1.54, 1.807) is 0 Å². The molecule has 0 bridgehead atoms. The molecule has 0 aliphatic rings. The van der Waals surface area contributed by atoms with Crippen LogP contribution in [0.15, 0.2) is 79.1 Å². The Morgan fingerprint density at radius 1 is 1.02 bits per heavy atom. The Kier molecular flexibility index (Phi) is 9.33. The fourth-order valence-corrected chi connectivity index (χ4v) is 4.06. The molecule has 8 nitrogen and oxygen atoms in total. The number of hydrogen-bond acceptors (Lipinski definition) is 5. The van der Waals surface area contributed by atoms with Gasteiger partial charge in [-0.2, -0.15) is 0 Å². The van der Waals surface area contributed by atoms with Crippen LogP contribution in [0.1, 0.15) is 24.0 Å². The van der Waals surface area contributed by atoms with Crippen molar-refractivity contribution in [2.45, 2.75) is 32.5 Å². The van der Waals surface area contributed by atoms with E-state index in [1.165, 1.54) is 35.3 Å². The molecule has 12 heteroatoms. The molecule has 0 aliphatic heterocycles. The second kappa shape index (κ2) is 13.1. The number of urea groups is 1. The highest BCUT2D eigenvalue weighted by molar-refractivity contribution is 7.80. The highest BCUT2D eigenvalue weighted by Gasteiger charge is 2.31. The normalized spacial score (nSPS) is 11.1. The molecule has 0 unspecified atom stereocenters. The molecule has 4 rings (SSSR count). The van der Waals surface area contributed by atoms with Crippen molar-refractivity contribution in [3.05, 3.63) is 90.3 Å². The standard InChI is InChI=1S/C28H27F3N6O2S/c1-19-7-2-3-11-24(19)34-27(40)35-26(38)32-16-5-4-8-20-9-6-10-21(17-20)25-33-18-37(36-25)22-12-14-23(15-13-22)39-28(29,30)31/h2-3,6-7,9-15,17-18H,4-5,8,16H2,1H3,(H3,32,34,35,38,40). The number of rotatable bonds is 9. The lowest BCUT2D eigenvalue weighted by Gasteiger charge is -2.12. The Balaban J connectivity index is 1.22. The molecule has 0 atom stereocenters. The van der Waals surface area contributed by atoms with Crippen molar-refractivity contribution in [2.75, 3.05) is 11.9 Å². The van der Waals surface area contributed by atoms with Gasteiger partial charge in [0, 0.05) is 17.8 Å². The molecule has 40 heavy (non-hydrogen) atoms. The lowest BCUT2D eigenvalue weighted by atomic mass is 10.0. The molecule has 2 amide bonds. The van der Waals surface area contributed by atoms with Crippen molar-refractivity contribution >= 4 is 29.0 Å². The van der Waals surface area contributed by atoms with Gasteiger partial charge in [0.25, 0.3) is 0 Å². The summed E-state index contributed by atoms with van der Waals surface area (Å²) in [7, 11) is 0. The summed E-state index contributed by atoms with van der Waals surface area (Å²) in [5.74, 6) is 0.185. The van der Waals surface area contributed by atoms with Gasteiger partial charge in [0.2, 0.25) is 0 Å². The SMILES string of the molecule is Cc1ccccc1NC(=S)NC(=O)NCCCCc1cccc(-c2ncn(-c3ccc(OC(F)(F)F)cc3)n2)c1. The Morgan fingerprint density at radius 3 is 2.55 bits per heavy atom. The number of ether oxygens (including phenoxy) is 1. The van der Waals surface area contributed by atoms with Crippen LogP contribution >= 0.6 is 12.2 Å². The number of hydrogen-bond donors (Lipinski definition) is 3. The Bertz CT molecular complexity index is 1460. The van der Waals surface area contributed by atoms with Crippen LogP contribution in [0.3, 0.4) is 0 Å². The third-order valence-electron chi connectivity index (χ3n) is 5.81. The average molecular weight is 569 g/mol. The lowest BCUT2D eigenvalue weighted by Crippen LogP contribution is -2.41. The molecule has 0 saturated carbocycles. The molecule has 0 fully saturated rings. The van der Waals surface area contributed by atoms with Crippen LogP contribution in [0, 0.1) is 6.92 Å². The number of nitrogens with zero attached hydrogens (tertiary/aromatic N) is 3. The summed E-state index contributed by atoms with van der Waals surface area (Å²) in [6.07, 6.45) is -0.821. The summed E-state index contributed by atoms with van der Waals surface area (Å²) in [5.41, 5.74) is 4.32. The summed E-state index contributed by atoms with van der Waals surface area (Å²) >= 11 is 5.20. The number of thiocarbonyl (C=S) groups is 1. The van der Waals surface area contributed by atoms with E-state index >= 15 is 0 Å². The zero-order valence-electron chi connectivity index (χ0n) is 21.5. The zero-order chi connectivity index (χ0) is 28.5. The summed E-state index contributed by atoms with van der Waals surface area (Å²) in [5, 5.41) is 13.1. The van der Waals surface area contributed by atoms with Gasteiger partial charge in [0.15, 0.2) is 10.9 Å². The van der Waals surface area contributed by atoms with E-state index in [1.807, 2.05) is 55.5 Å². The monoisotopic (exact) mass is 568 g/mol. The first-order chi connectivity index (χ1) is 19.2. The van der Waals surface area contributed by atoms with Crippen LogP contribution in [0.5, 0.6) is 5.75 Å². The number of halogens is 3. The van der Waals surface area contributed by atoms with E-state index in [0.717, 1.165) is 41.6 Å². The number of amides is 2. The third-order valence-corrected chi connectivity index (χ3v) is 6.01. The Labute approximate surface area is 234 Å². The van der Waals surface area contributed by atoms with E-state index in [4.69, 9.17) is 12.2 Å². The van der Waals surface area contributed by atoms with E-state index < -0.39 is 6.36 Å². The van der Waals surface area contributed by atoms with Crippen molar-refractivity contribution in [3.8, 4) is 22.8 Å². The maximum Gasteiger partial charge on any atom is 0.573 e. The molecule has 0 spiro atoms. The largest absolute Gasteiger partial charge is 0.573 e. The van der Waals surface area contributed by atoms with Crippen LogP contribution in [-0.4, -0.2) is 38.8 Å². The van der Waals surface area contributed by atoms with Gasteiger partial charge in [0.05, 0.1) is 5.69 Å². The van der Waals surface area contributed by atoms with Crippen LogP contribution in [0.2, 0.25) is 0 Å². The topological polar surface area (TPSA) is 93.1 Å². The third kappa shape index (κ3) is 8.53. The number of carbonyl (C=O) groups excluding carboxylic acids is 1. The number of aryl methyl sites for hydroxylation is 2. The Hall–Kier alpha value is -4.45. The van der Waals surface area contributed by atoms with E-state index in [-0.39, 0.29) is 16.9 Å². The number of carbonyl (C=O) groups is 1. The highest BCUT2D eigenvalue weighted by atomic mass is 32.1. The molecule has 3 N–H and O–H groups in total. The van der Waals surface area contributed by atoms with Gasteiger partial charge in [-0.25, -0.2) is 14.5 Å². The summed E-state index contributed by atoms with van der Waals surface area (Å²) in [4.78, 5) is 16.5. The van der Waals surface area contributed by atoms with Gasteiger partial charge in [-0.1, -0.05) is 36.4 Å². The molecule has 208 valence electrons. The first kappa shape index (κ1) is 28.6. The van der Waals surface area contributed by atoms with Crippen molar-refractivity contribution in [2.24, 2.45) is 0 Å². The fourth-order valence-electron chi connectivity index (χ4n) is 3.86. The van der Waals surface area contributed by atoms with Crippen LogP contribution in [-0.2, 0) is 6.42 Å². The average Bonchev–Trinajstić information content (AvgIpc) is 3.40. The number of anilines is 1. The second-order valence-corrected chi connectivity index (χ2v) is 9.27. The maximum absolute atomic E-state index is 12.4. The molecule has 4 aromatic rings. The highest BCUT2D eigenvalue weighted by Crippen LogP contribution is 2.24. The van der Waals surface area contributed by atoms with Crippen LogP contribution in [0.25, 0.3) is 17.1 Å². The van der Waals surface area contributed by atoms with E-state index in [2.05, 4.69) is 30.8 Å². The summed E-state index contributed by atoms with van der Waals surface area (Å²) < 4.78 is 42.5. The quantitative estimate of drug-likeness (QED) is 0.165. The van der Waals surface area contributed by atoms with Crippen molar-refractivity contribution in [3.63, 3.8) is 0 Å². The molecular formula is C28H27F3N6O2S. The van der Waals surface area contributed by atoms with Gasteiger partial charge in [-0.05, 0) is 85.9 Å². The first-order valence-electron chi connectivity index (χ1n) is 12.4.